The fourth-order valence-corrected chi connectivity index (χ4v) is 2.74. The quantitative estimate of drug-likeness (QED) is 0.524. The van der Waals surface area contributed by atoms with Crippen molar-refractivity contribution in [3.63, 3.8) is 0 Å². The number of hydrogen-bond donors (Lipinski definition) is 0. The van der Waals surface area contributed by atoms with Gasteiger partial charge in [0.05, 0.1) is 0 Å². The van der Waals surface area contributed by atoms with E-state index in [0.29, 0.717) is 4.32 Å². The second-order valence-electron chi connectivity index (χ2n) is 3.28. The van der Waals surface area contributed by atoms with Crippen LogP contribution in [-0.4, -0.2) is 28.9 Å². The van der Waals surface area contributed by atoms with Gasteiger partial charge in [0.1, 0.15) is 0 Å². The molecule has 0 amide bonds. The zero-order valence-corrected chi connectivity index (χ0v) is 7.15. The van der Waals surface area contributed by atoms with Crippen molar-refractivity contribution in [2.24, 2.45) is 0 Å². The smallest absolute Gasteiger partial charge is 0.0397 e. The lowest BCUT2D eigenvalue weighted by atomic mass is 10.0. The van der Waals surface area contributed by atoms with Gasteiger partial charge in [0.25, 0.3) is 0 Å². The third-order valence-electron chi connectivity index (χ3n) is 2.48. The molecule has 2 unspecified atom stereocenters. The lowest BCUT2D eigenvalue weighted by Gasteiger charge is -2.28. The fourth-order valence-electron chi connectivity index (χ4n) is 1.93. The summed E-state index contributed by atoms with van der Waals surface area (Å²) in [5, 5.41) is 0. The van der Waals surface area contributed by atoms with Gasteiger partial charge in [-0.3, -0.25) is 0 Å². The average Bonchev–Trinajstić information content (AvgIpc) is 2.07. The van der Waals surface area contributed by atoms with E-state index >= 15 is 0 Å². The van der Waals surface area contributed by atoms with Gasteiger partial charge in [0.15, 0.2) is 0 Å². The first kappa shape index (κ1) is 6.17. The van der Waals surface area contributed by atoms with Crippen LogP contribution in [0.25, 0.3) is 0 Å². The Balaban J connectivity index is 2.13. The van der Waals surface area contributed by atoms with E-state index in [-0.39, 0.29) is 0 Å². The van der Waals surface area contributed by atoms with E-state index in [9.17, 15) is 0 Å². The maximum Gasteiger partial charge on any atom is 0.0397 e. The molecular formula is C7H12BrN. The molecule has 0 aromatic heterocycles. The number of alkyl halides is 1. The number of hydrogen-bond acceptors (Lipinski definition) is 1. The summed E-state index contributed by atoms with van der Waals surface area (Å²) in [5.74, 6) is 0. The average molecular weight is 190 g/mol. The van der Waals surface area contributed by atoms with Gasteiger partial charge in [-0.25, -0.2) is 0 Å². The maximum absolute atomic E-state index is 3.79. The molecule has 0 aromatic rings. The first-order chi connectivity index (χ1) is 4.29. The Bertz CT molecular complexity index is 122. The van der Waals surface area contributed by atoms with Gasteiger partial charge in [-0.1, -0.05) is 15.9 Å². The van der Waals surface area contributed by atoms with E-state index in [1.807, 2.05) is 0 Å². The van der Waals surface area contributed by atoms with Crippen LogP contribution < -0.4 is 0 Å². The van der Waals surface area contributed by atoms with E-state index in [4.69, 9.17) is 0 Å². The van der Waals surface area contributed by atoms with Crippen molar-refractivity contribution < 1.29 is 0 Å². The van der Waals surface area contributed by atoms with Crippen LogP contribution in [0.4, 0.5) is 0 Å². The Morgan fingerprint density at radius 2 is 2.11 bits per heavy atom. The molecule has 52 valence electrons. The molecule has 1 nitrogen and oxygen atoms in total. The molecule has 0 radical (unpaired) electrons. The lowest BCUT2D eigenvalue weighted by Crippen LogP contribution is -2.33. The molecule has 2 atom stereocenters. The van der Waals surface area contributed by atoms with Gasteiger partial charge in [0.2, 0.25) is 0 Å². The van der Waals surface area contributed by atoms with Crippen molar-refractivity contribution in [1.29, 1.82) is 0 Å². The molecule has 0 N–H and O–H groups in total. The summed E-state index contributed by atoms with van der Waals surface area (Å²) < 4.78 is 0.533. The van der Waals surface area contributed by atoms with Crippen LogP contribution in [0.2, 0.25) is 0 Å². The van der Waals surface area contributed by atoms with Gasteiger partial charge in [-0.2, -0.15) is 0 Å². The minimum absolute atomic E-state index is 0.533. The molecule has 2 heteroatoms. The van der Waals surface area contributed by atoms with E-state index < -0.39 is 0 Å². The van der Waals surface area contributed by atoms with E-state index in [1.165, 1.54) is 38.9 Å². The molecule has 2 aliphatic rings. The summed E-state index contributed by atoms with van der Waals surface area (Å²) in [6.45, 7) is 3.96. The van der Waals surface area contributed by atoms with Crippen LogP contribution in [0.15, 0.2) is 0 Å². The maximum atomic E-state index is 3.79. The molecule has 2 saturated heterocycles. The zero-order valence-electron chi connectivity index (χ0n) is 5.57. The number of halogens is 1. The SMILES string of the molecule is BrC12CCCN(CC1)C2. The predicted octanol–water partition coefficient (Wildman–Crippen LogP) is 1.62. The second kappa shape index (κ2) is 1.96. The lowest BCUT2D eigenvalue weighted by molar-refractivity contribution is 0.285. The van der Waals surface area contributed by atoms with Gasteiger partial charge in [-0.05, 0) is 32.4 Å². The van der Waals surface area contributed by atoms with Crippen molar-refractivity contribution in [1.82, 2.24) is 4.90 Å². The first-order valence-corrected chi connectivity index (χ1v) is 4.49. The Kier molecular flexibility index (Phi) is 1.34. The third kappa shape index (κ3) is 1.03. The molecule has 9 heavy (non-hydrogen) atoms. The summed E-state index contributed by atoms with van der Waals surface area (Å²) in [6.07, 6.45) is 4.15. The van der Waals surface area contributed by atoms with Crippen LogP contribution in [0.1, 0.15) is 19.3 Å². The largest absolute Gasteiger partial charge is 0.302 e. The molecule has 0 aromatic carbocycles. The summed E-state index contributed by atoms with van der Waals surface area (Å²) in [7, 11) is 0. The first-order valence-electron chi connectivity index (χ1n) is 3.70. The van der Waals surface area contributed by atoms with Gasteiger partial charge < -0.3 is 4.90 Å². The Morgan fingerprint density at radius 1 is 1.22 bits per heavy atom. The highest BCUT2D eigenvalue weighted by Crippen LogP contribution is 2.38. The fraction of sp³-hybridized carbons (Fsp3) is 1.00. The van der Waals surface area contributed by atoms with Crippen LogP contribution >= 0.6 is 15.9 Å². The van der Waals surface area contributed by atoms with Crippen LogP contribution in [0, 0.1) is 0 Å². The summed E-state index contributed by atoms with van der Waals surface area (Å²) in [5.41, 5.74) is 0. The Hall–Kier alpha value is 0.440. The van der Waals surface area contributed by atoms with Gasteiger partial charge in [0, 0.05) is 10.9 Å². The molecule has 0 spiro atoms. The molecule has 2 bridgehead atoms. The van der Waals surface area contributed by atoms with Crippen molar-refractivity contribution in [2.75, 3.05) is 19.6 Å². The van der Waals surface area contributed by atoms with Crippen molar-refractivity contribution in [3.8, 4) is 0 Å². The zero-order chi connectivity index (χ0) is 6.32. The van der Waals surface area contributed by atoms with Crippen LogP contribution in [0.3, 0.4) is 0 Å². The standard InChI is InChI=1S/C7H12BrN/c8-7-2-1-4-9(6-7)5-3-7/h1-6H2. The van der Waals surface area contributed by atoms with E-state index in [1.54, 1.807) is 0 Å². The molecule has 0 saturated carbocycles. The van der Waals surface area contributed by atoms with Crippen molar-refractivity contribution in [3.05, 3.63) is 0 Å². The molecule has 0 aliphatic carbocycles. The Morgan fingerprint density at radius 3 is 2.78 bits per heavy atom. The molecule has 2 fully saturated rings. The molecule has 2 rings (SSSR count). The van der Waals surface area contributed by atoms with Crippen LogP contribution in [0.5, 0.6) is 0 Å². The van der Waals surface area contributed by atoms with Gasteiger partial charge >= 0.3 is 0 Å². The molecule has 2 aliphatic heterocycles. The summed E-state index contributed by atoms with van der Waals surface area (Å²) in [6, 6.07) is 0. The van der Waals surface area contributed by atoms with E-state index in [0.717, 1.165) is 0 Å². The highest BCUT2D eigenvalue weighted by molar-refractivity contribution is 9.10. The molecular weight excluding hydrogens is 178 g/mol. The normalized spacial score (nSPS) is 49.7. The summed E-state index contributed by atoms with van der Waals surface area (Å²) >= 11 is 3.79. The second-order valence-corrected chi connectivity index (χ2v) is 4.96. The number of nitrogens with zero attached hydrogens (tertiary/aromatic N) is 1. The highest BCUT2D eigenvalue weighted by Gasteiger charge is 2.38. The summed E-state index contributed by atoms with van der Waals surface area (Å²) in [4.78, 5) is 2.55. The topological polar surface area (TPSA) is 3.24 Å². The number of piperidine rings is 1. The molecule has 2 heterocycles. The van der Waals surface area contributed by atoms with Crippen molar-refractivity contribution in [2.45, 2.75) is 23.6 Å². The Labute approximate surface area is 64.5 Å². The predicted molar refractivity (Wildman–Crippen MR) is 41.9 cm³/mol. The van der Waals surface area contributed by atoms with Crippen LogP contribution in [-0.2, 0) is 0 Å². The van der Waals surface area contributed by atoms with Gasteiger partial charge in [-0.15, -0.1) is 0 Å². The number of rotatable bonds is 0. The highest BCUT2D eigenvalue weighted by atomic mass is 79.9. The minimum atomic E-state index is 0.533. The number of fused-ring (bicyclic) bond motifs is 2. The minimum Gasteiger partial charge on any atom is -0.302 e. The monoisotopic (exact) mass is 189 g/mol. The van der Waals surface area contributed by atoms with Crippen molar-refractivity contribution >= 4 is 15.9 Å². The van der Waals surface area contributed by atoms with E-state index in [2.05, 4.69) is 20.8 Å². The third-order valence-corrected chi connectivity index (χ3v) is 3.53.